The van der Waals surface area contributed by atoms with Crippen LogP contribution in [0.4, 0.5) is 0 Å². The van der Waals surface area contributed by atoms with E-state index in [0.29, 0.717) is 12.5 Å². The molecule has 0 fully saturated rings. The average Bonchev–Trinajstić information content (AvgIpc) is 2.67. The van der Waals surface area contributed by atoms with Crippen molar-refractivity contribution in [2.24, 2.45) is 4.99 Å². The van der Waals surface area contributed by atoms with Crippen LogP contribution in [-0.2, 0) is 11.3 Å². The molecule has 27 heavy (non-hydrogen) atoms. The summed E-state index contributed by atoms with van der Waals surface area (Å²) in [6.45, 7) is 3.62. The first kappa shape index (κ1) is 20.8. The van der Waals surface area contributed by atoms with Crippen molar-refractivity contribution in [1.82, 2.24) is 15.5 Å². The van der Waals surface area contributed by atoms with Gasteiger partial charge in [-0.3, -0.25) is 4.79 Å². The molecule has 0 unspecified atom stereocenters. The minimum Gasteiger partial charge on any atom is -0.356 e. The molecule has 144 valence electrons. The van der Waals surface area contributed by atoms with Gasteiger partial charge in [-0.05, 0) is 24.6 Å². The third kappa shape index (κ3) is 8.17. The van der Waals surface area contributed by atoms with E-state index in [4.69, 9.17) is 0 Å². The van der Waals surface area contributed by atoms with Crippen molar-refractivity contribution in [1.29, 1.82) is 0 Å². The smallest absolute Gasteiger partial charge is 0.241 e. The summed E-state index contributed by atoms with van der Waals surface area (Å²) in [4.78, 5) is 19.3. The second-order valence-electron chi connectivity index (χ2n) is 6.38. The number of guanidine groups is 1. The van der Waals surface area contributed by atoms with Crippen molar-refractivity contribution in [2.45, 2.75) is 18.4 Å². The van der Waals surface area contributed by atoms with Crippen LogP contribution in [0.2, 0.25) is 0 Å². The first-order chi connectivity index (χ1) is 13.0. The molecule has 0 aromatic heterocycles. The van der Waals surface area contributed by atoms with Crippen molar-refractivity contribution in [3.8, 4) is 0 Å². The fraction of sp³-hybridized carbons (Fsp3) is 0.333. The Bertz CT molecular complexity index is 747. The maximum atomic E-state index is 11.9. The summed E-state index contributed by atoms with van der Waals surface area (Å²) in [6, 6.07) is 18.6. The molecule has 2 aromatic rings. The maximum absolute atomic E-state index is 11.9. The lowest BCUT2D eigenvalue weighted by molar-refractivity contribution is -0.127. The summed E-state index contributed by atoms with van der Waals surface area (Å²) in [5, 5.41) is 6.44. The average molecular weight is 385 g/mol. The number of hydrogen-bond acceptors (Lipinski definition) is 3. The third-order valence-corrected chi connectivity index (χ3v) is 4.83. The van der Waals surface area contributed by atoms with Crippen molar-refractivity contribution < 1.29 is 4.79 Å². The highest BCUT2D eigenvalue weighted by Crippen LogP contribution is 2.15. The molecule has 2 aromatic carbocycles. The fourth-order valence-corrected chi connectivity index (χ4v) is 3.12. The van der Waals surface area contributed by atoms with E-state index in [1.165, 1.54) is 10.5 Å². The highest BCUT2D eigenvalue weighted by atomic mass is 32.2. The first-order valence-corrected chi connectivity index (χ1v) is 9.99. The number of thioether (sulfide) groups is 1. The lowest BCUT2D eigenvalue weighted by atomic mass is 10.1. The molecule has 0 saturated heterocycles. The number of hydrogen-bond donors (Lipinski definition) is 2. The van der Waals surface area contributed by atoms with E-state index < -0.39 is 0 Å². The van der Waals surface area contributed by atoms with Crippen LogP contribution in [0.3, 0.4) is 0 Å². The molecule has 2 rings (SSSR count). The molecule has 0 radical (unpaired) electrons. The van der Waals surface area contributed by atoms with Gasteiger partial charge in [0, 0.05) is 31.3 Å². The van der Waals surface area contributed by atoms with E-state index in [1.54, 1.807) is 30.8 Å². The van der Waals surface area contributed by atoms with E-state index in [2.05, 4.69) is 52.9 Å². The second kappa shape index (κ2) is 11.3. The van der Waals surface area contributed by atoms with Gasteiger partial charge < -0.3 is 15.5 Å². The van der Waals surface area contributed by atoms with Crippen LogP contribution in [0.25, 0.3) is 0 Å². The predicted molar refractivity (Wildman–Crippen MR) is 114 cm³/mol. The minimum atomic E-state index is 0.0127. The summed E-state index contributed by atoms with van der Waals surface area (Å²) in [6.07, 6.45) is 0. The van der Waals surface area contributed by atoms with Crippen molar-refractivity contribution in [3.63, 3.8) is 0 Å². The topological polar surface area (TPSA) is 56.7 Å². The Kier molecular flexibility index (Phi) is 8.71. The maximum Gasteiger partial charge on any atom is 0.241 e. The Hall–Kier alpha value is -2.47. The summed E-state index contributed by atoms with van der Waals surface area (Å²) < 4.78 is 0. The fourth-order valence-electron chi connectivity index (χ4n) is 2.33. The van der Waals surface area contributed by atoms with Crippen LogP contribution in [0.1, 0.15) is 11.1 Å². The first-order valence-electron chi connectivity index (χ1n) is 9.00. The number of nitrogens with one attached hydrogen (secondary N) is 2. The van der Waals surface area contributed by atoms with Crippen molar-refractivity contribution in [2.75, 3.05) is 32.9 Å². The molecule has 0 aliphatic carbocycles. The molecule has 0 atom stereocenters. The van der Waals surface area contributed by atoms with Gasteiger partial charge in [0.05, 0.1) is 13.1 Å². The lowest BCUT2D eigenvalue weighted by Crippen LogP contribution is -2.43. The largest absolute Gasteiger partial charge is 0.356 e. The Morgan fingerprint density at radius 1 is 1.07 bits per heavy atom. The highest BCUT2D eigenvalue weighted by Gasteiger charge is 2.06. The van der Waals surface area contributed by atoms with Crippen molar-refractivity contribution in [3.05, 3.63) is 65.7 Å². The summed E-state index contributed by atoms with van der Waals surface area (Å²) in [7, 11) is 3.50. The van der Waals surface area contributed by atoms with Crippen LogP contribution < -0.4 is 10.6 Å². The minimum absolute atomic E-state index is 0.0127. The molecular weight excluding hydrogens is 356 g/mol. The quantitative estimate of drug-likeness (QED) is 0.318. The van der Waals surface area contributed by atoms with Gasteiger partial charge in [0.25, 0.3) is 0 Å². The third-order valence-electron chi connectivity index (χ3n) is 3.81. The number of likely N-dealkylation sites (N-methyl/N-ethyl adjacent to an activating group) is 1. The standard InChI is InChI=1S/C21H28N4OS/c1-17-8-7-9-18(14-17)15-23-21(24-16-20(26)25(2)3)22-12-13-27-19-10-5-4-6-11-19/h4-11,14H,12-13,15-16H2,1-3H3,(H2,22,23,24). The predicted octanol–water partition coefficient (Wildman–Crippen LogP) is 2.91. The molecule has 0 bridgehead atoms. The van der Waals surface area contributed by atoms with Gasteiger partial charge in [-0.25, -0.2) is 4.99 Å². The Balaban J connectivity index is 1.89. The molecule has 0 aliphatic heterocycles. The summed E-state index contributed by atoms with van der Waals surface area (Å²) in [5.74, 6) is 1.58. The Labute approximate surface area is 166 Å². The highest BCUT2D eigenvalue weighted by molar-refractivity contribution is 7.99. The zero-order valence-corrected chi connectivity index (χ0v) is 17.1. The molecule has 1 amide bonds. The van der Waals surface area contributed by atoms with Crippen LogP contribution in [0.15, 0.2) is 64.5 Å². The number of carbonyl (C=O) groups excluding carboxylic acids is 1. The Morgan fingerprint density at radius 2 is 1.85 bits per heavy atom. The summed E-state index contributed by atoms with van der Waals surface area (Å²) >= 11 is 1.79. The van der Waals surface area contributed by atoms with E-state index in [0.717, 1.165) is 17.9 Å². The van der Waals surface area contributed by atoms with Gasteiger partial charge in [-0.15, -0.1) is 11.8 Å². The zero-order chi connectivity index (χ0) is 19.5. The van der Waals surface area contributed by atoms with Crippen LogP contribution >= 0.6 is 11.8 Å². The molecule has 2 N–H and O–H groups in total. The normalized spacial score (nSPS) is 11.1. The number of amides is 1. The van der Waals surface area contributed by atoms with Crippen LogP contribution in [0.5, 0.6) is 0 Å². The molecule has 0 saturated carbocycles. The molecule has 0 aliphatic rings. The van der Waals surface area contributed by atoms with Gasteiger partial charge in [0.15, 0.2) is 5.96 Å². The molecule has 5 nitrogen and oxygen atoms in total. The number of aliphatic imine (C=N–C) groups is 1. The molecule has 6 heteroatoms. The van der Waals surface area contributed by atoms with Gasteiger partial charge in [-0.2, -0.15) is 0 Å². The van der Waals surface area contributed by atoms with Gasteiger partial charge in [0.2, 0.25) is 5.91 Å². The number of carbonyl (C=O) groups is 1. The van der Waals surface area contributed by atoms with Gasteiger partial charge in [-0.1, -0.05) is 48.0 Å². The number of benzene rings is 2. The second-order valence-corrected chi connectivity index (χ2v) is 7.55. The number of nitrogens with zero attached hydrogens (tertiary/aromatic N) is 2. The van der Waals surface area contributed by atoms with Crippen LogP contribution in [0, 0.1) is 6.92 Å². The van der Waals surface area contributed by atoms with Crippen LogP contribution in [-0.4, -0.2) is 49.7 Å². The van der Waals surface area contributed by atoms with Crippen molar-refractivity contribution >= 4 is 23.6 Å². The molecular formula is C21H28N4OS. The lowest BCUT2D eigenvalue weighted by Gasteiger charge is -2.15. The SMILES string of the molecule is Cc1cccc(CN=C(NCCSc2ccccc2)NCC(=O)N(C)C)c1. The number of aryl methyl sites for hydroxylation is 1. The number of rotatable bonds is 8. The molecule has 0 spiro atoms. The summed E-state index contributed by atoms with van der Waals surface area (Å²) in [5.41, 5.74) is 2.36. The van der Waals surface area contributed by atoms with E-state index in [1.807, 2.05) is 24.3 Å². The van der Waals surface area contributed by atoms with Gasteiger partial charge in [0.1, 0.15) is 0 Å². The van der Waals surface area contributed by atoms with Gasteiger partial charge >= 0.3 is 0 Å². The van der Waals surface area contributed by atoms with E-state index in [-0.39, 0.29) is 12.5 Å². The van der Waals surface area contributed by atoms with E-state index in [9.17, 15) is 4.79 Å². The van der Waals surface area contributed by atoms with E-state index >= 15 is 0 Å². The Morgan fingerprint density at radius 3 is 2.56 bits per heavy atom. The zero-order valence-electron chi connectivity index (χ0n) is 16.2. The monoisotopic (exact) mass is 384 g/mol. The molecule has 0 heterocycles.